The van der Waals surface area contributed by atoms with Gasteiger partial charge in [0.1, 0.15) is 17.0 Å². The van der Waals surface area contributed by atoms with Crippen molar-refractivity contribution in [2.45, 2.75) is 32.2 Å². The summed E-state index contributed by atoms with van der Waals surface area (Å²) in [5.74, 6) is 0.679. The number of hydrogen-bond acceptors (Lipinski definition) is 6. The Morgan fingerprint density at radius 2 is 2.30 bits per heavy atom. The number of morpholine rings is 1. The quantitative estimate of drug-likeness (QED) is 0.766. The normalized spacial score (nSPS) is 18.4. The molecule has 0 aliphatic carbocycles. The fraction of sp³-hybridized carbons (Fsp3) is 0.400. The summed E-state index contributed by atoms with van der Waals surface area (Å²) < 4.78 is 5.58. The Balaban J connectivity index is 1.97. The number of aromatic amines is 1. The maximum absolute atomic E-state index is 9.71. The molecule has 1 aliphatic rings. The van der Waals surface area contributed by atoms with Crippen LogP contribution in [0.15, 0.2) is 30.6 Å². The number of anilines is 1. The van der Waals surface area contributed by atoms with E-state index < -0.39 is 0 Å². The van der Waals surface area contributed by atoms with Crippen molar-refractivity contribution in [3.05, 3.63) is 36.2 Å². The van der Waals surface area contributed by atoms with E-state index in [1.54, 1.807) is 12.4 Å². The molecule has 1 N–H and O–H groups in total. The number of nitrogens with one attached hydrogen (secondary N) is 1. The zero-order valence-corrected chi connectivity index (χ0v) is 15.5. The largest absolute Gasteiger partial charge is 0.377 e. The molecule has 1 fully saturated rings. The monoisotopic (exact) mass is 362 g/mol. The summed E-state index contributed by atoms with van der Waals surface area (Å²) in [5, 5.41) is 17.7. The standard InChI is InChI=1S/C20H22N6O/c1-3-14(11-21)16-10-18(26-8-9-27-12-13(26)2)24-19-15(16)4-6-22-20(19)17-5-7-23-25-17/h4-7,10,13-14H,3,8-9,12H2,1-2H3,(H,23,25)/t13-,14?/m1/s1. The van der Waals surface area contributed by atoms with E-state index in [1.165, 1.54) is 0 Å². The number of nitriles is 1. The second-order valence-electron chi connectivity index (χ2n) is 6.80. The molecular weight excluding hydrogens is 340 g/mol. The Morgan fingerprint density at radius 3 is 3.00 bits per heavy atom. The molecule has 3 aromatic heterocycles. The minimum atomic E-state index is -0.192. The number of hydrogen-bond donors (Lipinski definition) is 1. The average Bonchev–Trinajstić information content (AvgIpc) is 3.23. The lowest BCUT2D eigenvalue weighted by Gasteiger charge is -2.35. The topological polar surface area (TPSA) is 90.7 Å². The summed E-state index contributed by atoms with van der Waals surface area (Å²) in [6, 6.07) is 8.57. The van der Waals surface area contributed by atoms with Crippen LogP contribution in [0.5, 0.6) is 0 Å². The van der Waals surface area contributed by atoms with Crippen molar-refractivity contribution >= 4 is 16.7 Å². The molecule has 0 spiro atoms. The second kappa shape index (κ2) is 7.33. The number of ether oxygens (including phenoxy) is 1. The van der Waals surface area contributed by atoms with Gasteiger partial charge in [-0.2, -0.15) is 10.4 Å². The lowest BCUT2D eigenvalue weighted by molar-refractivity contribution is 0.0985. The lowest BCUT2D eigenvalue weighted by Crippen LogP contribution is -2.44. The highest BCUT2D eigenvalue weighted by atomic mass is 16.5. The Bertz CT molecular complexity index is 978. The molecule has 0 amide bonds. The van der Waals surface area contributed by atoms with E-state index in [2.05, 4.69) is 39.1 Å². The lowest BCUT2D eigenvalue weighted by atomic mass is 9.94. The van der Waals surface area contributed by atoms with Gasteiger partial charge < -0.3 is 9.64 Å². The van der Waals surface area contributed by atoms with Gasteiger partial charge in [0.25, 0.3) is 0 Å². The summed E-state index contributed by atoms with van der Waals surface area (Å²) in [4.78, 5) is 11.8. The summed E-state index contributed by atoms with van der Waals surface area (Å²) in [6.45, 7) is 6.29. The van der Waals surface area contributed by atoms with E-state index in [0.717, 1.165) is 46.6 Å². The van der Waals surface area contributed by atoms with Gasteiger partial charge >= 0.3 is 0 Å². The number of pyridine rings is 2. The molecule has 7 nitrogen and oxygen atoms in total. The van der Waals surface area contributed by atoms with Crippen molar-refractivity contribution in [3.63, 3.8) is 0 Å². The van der Waals surface area contributed by atoms with Crippen LogP contribution in [0.3, 0.4) is 0 Å². The molecule has 3 aromatic rings. The number of H-pyrrole nitrogens is 1. The fourth-order valence-corrected chi connectivity index (χ4v) is 3.63. The number of nitrogens with zero attached hydrogens (tertiary/aromatic N) is 5. The van der Waals surface area contributed by atoms with Crippen molar-refractivity contribution in [1.82, 2.24) is 20.2 Å². The molecule has 0 radical (unpaired) electrons. The predicted molar refractivity (Wildman–Crippen MR) is 103 cm³/mol. The molecular formula is C20H22N6O. The van der Waals surface area contributed by atoms with Gasteiger partial charge in [0.15, 0.2) is 0 Å². The van der Waals surface area contributed by atoms with Crippen LogP contribution in [-0.2, 0) is 4.74 Å². The average molecular weight is 362 g/mol. The molecule has 4 rings (SSSR count). The molecule has 0 saturated carbocycles. The van der Waals surface area contributed by atoms with Crippen LogP contribution in [0.25, 0.3) is 22.3 Å². The molecule has 138 valence electrons. The van der Waals surface area contributed by atoms with E-state index >= 15 is 0 Å². The van der Waals surface area contributed by atoms with Crippen LogP contribution in [0, 0.1) is 11.3 Å². The third kappa shape index (κ3) is 3.13. The molecule has 0 aromatic carbocycles. The van der Waals surface area contributed by atoms with Crippen LogP contribution in [0.1, 0.15) is 31.7 Å². The maximum Gasteiger partial charge on any atom is 0.130 e. The highest BCUT2D eigenvalue weighted by Gasteiger charge is 2.24. The van der Waals surface area contributed by atoms with Crippen molar-refractivity contribution in [2.75, 3.05) is 24.7 Å². The highest BCUT2D eigenvalue weighted by Crippen LogP contribution is 2.34. The highest BCUT2D eigenvalue weighted by molar-refractivity contribution is 5.94. The van der Waals surface area contributed by atoms with Crippen molar-refractivity contribution in [2.24, 2.45) is 0 Å². The minimum absolute atomic E-state index is 0.192. The first kappa shape index (κ1) is 17.4. The zero-order valence-electron chi connectivity index (χ0n) is 15.5. The Morgan fingerprint density at radius 1 is 1.41 bits per heavy atom. The van der Waals surface area contributed by atoms with Gasteiger partial charge in [0.2, 0.25) is 0 Å². The molecule has 7 heteroatoms. The third-order valence-electron chi connectivity index (χ3n) is 5.10. The maximum atomic E-state index is 9.71. The molecule has 2 atom stereocenters. The van der Waals surface area contributed by atoms with Gasteiger partial charge in [-0.3, -0.25) is 10.1 Å². The zero-order chi connectivity index (χ0) is 18.8. The van der Waals surface area contributed by atoms with Crippen LogP contribution < -0.4 is 4.90 Å². The Hall–Kier alpha value is -2.98. The summed E-state index contributed by atoms with van der Waals surface area (Å²) >= 11 is 0. The number of fused-ring (bicyclic) bond motifs is 1. The van der Waals surface area contributed by atoms with Crippen LogP contribution >= 0.6 is 0 Å². The van der Waals surface area contributed by atoms with Crippen molar-refractivity contribution < 1.29 is 4.74 Å². The fourth-order valence-electron chi connectivity index (χ4n) is 3.63. The Labute approximate surface area is 158 Å². The van der Waals surface area contributed by atoms with Crippen LogP contribution in [-0.4, -0.2) is 46.0 Å². The van der Waals surface area contributed by atoms with Gasteiger partial charge in [-0.15, -0.1) is 0 Å². The van der Waals surface area contributed by atoms with Crippen molar-refractivity contribution in [1.29, 1.82) is 5.26 Å². The Kier molecular flexibility index (Phi) is 4.73. The van der Waals surface area contributed by atoms with E-state index in [0.29, 0.717) is 13.2 Å². The molecule has 1 saturated heterocycles. The van der Waals surface area contributed by atoms with E-state index in [4.69, 9.17) is 9.72 Å². The van der Waals surface area contributed by atoms with E-state index in [-0.39, 0.29) is 12.0 Å². The smallest absolute Gasteiger partial charge is 0.130 e. The molecule has 1 unspecified atom stereocenters. The first-order chi connectivity index (χ1) is 13.2. The second-order valence-corrected chi connectivity index (χ2v) is 6.80. The summed E-state index contributed by atoms with van der Waals surface area (Å²) in [5.41, 5.74) is 3.36. The van der Waals surface area contributed by atoms with Crippen LogP contribution in [0.4, 0.5) is 5.82 Å². The van der Waals surface area contributed by atoms with Gasteiger partial charge in [-0.25, -0.2) is 4.98 Å². The summed E-state index contributed by atoms with van der Waals surface area (Å²) in [6.07, 6.45) is 4.22. The van der Waals surface area contributed by atoms with Gasteiger partial charge in [-0.1, -0.05) is 6.92 Å². The van der Waals surface area contributed by atoms with Gasteiger partial charge in [-0.05, 0) is 37.1 Å². The van der Waals surface area contributed by atoms with Crippen LogP contribution in [0.2, 0.25) is 0 Å². The molecule has 4 heterocycles. The van der Waals surface area contributed by atoms with Gasteiger partial charge in [0, 0.05) is 24.3 Å². The predicted octanol–water partition coefficient (Wildman–Crippen LogP) is 3.26. The SMILES string of the molecule is CCC(C#N)c1cc(N2CCOC[C@H]2C)nc2c(-c3ccn[nH]3)nccc12. The number of aromatic nitrogens is 4. The third-order valence-corrected chi connectivity index (χ3v) is 5.10. The van der Waals surface area contributed by atoms with E-state index in [1.807, 2.05) is 19.1 Å². The molecule has 27 heavy (non-hydrogen) atoms. The van der Waals surface area contributed by atoms with Crippen molar-refractivity contribution in [3.8, 4) is 17.5 Å². The minimum Gasteiger partial charge on any atom is -0.377 e. The van der Waals surface area contributed by atoms with E-state index in [9.17, 15) is 5.26 Å². The molecule has 1 aliphatic heterocycles. The van der Waals surface area contributed by atoms with Gasteiger partial charge in [0.05, 0.1) is 36.9 Å². The first-order valence-corrected chi connectivity index (χ1v) is 9.26. The molecule has 0 bridgehead atoms. The first-order valence-electron chi connectivity index (χ1n) is 9.26. The number of rotatable bonds is 4. The summed E-state index contributed by atoms with van der Waals surface area (Å²) in [7, 11) is 0.